The number of thiophene rings is 1. The number of rotatable bonds is 5. The number of hydrogen-bond acceptors (Lipinski definition) is 4. The molecule has 1 unspecified atom stereocenters. The monoisotopic (exact) mass is 282 g/mol. The molecule has 0 aromatic carbocycles. The zero-order chi connectivity index (χ0) is 13.8. The number of nitrogens with one attached hydrogen (secondary N) is 1. The van der Waals surface area contributed by atoms with Crippen molar-refractivity contribution < 1.29 is 4.74 Å². The van der Waals surface area contributed by atoms with Gasteiger partial charge >= 0.3 is 0 Å². The second kappa shape index (κ2) is 6.84. The largest absolute Gasteiger partial charge is 0.374 e. The van der Waals surface area contributed by atoms with E-state index in [9.17, 15) is 0 Å². The van der Waals surface area contributed by atoms with Gasteiger partial charge in [-0.1, -0.05) is 0 Å². The van der Waals surface area contributed by atoms with Crippen molar-refractivity contribution in [3.8, 4) is 0 Å². The fourth-order valence-electron chi connectivity index (χ4n) is 2.43. The van der Waals surface area contributed by atoms with E-state index >= 15 is 0 Å². The molecule has 2 heterocycles. The first-order valence-corrected chi connectivity index (χ1v) is 8.00. The molecule has 19 heavy (non-hydrogen) atoms. The lowest BCUT2D eigenvalue weighted by Crippen LogP contribution is -2.48. The summed E-state index contributed by atoms with van der Waals surface area (Å²) < 4.78 is 5.82. The number of nitrogens with zero attached hydrogens (tertiary/aromatic N) is 1. The van der Waals surface area contributed by atoms with E-state index in [1.807, 2.05) is 11.3 Å². The van der Waals surface area contributed by atoms with Gasteiger partial charge in [0.25, 0.3) is 0 Å². The third kappa shape index (κ3) is 4.28. The molecule has 1 aromatic rings. The van der Waals surface area contributed by atoms with Gasteiger partial charge in [-0.25, -0.2) is 0 Å². The summed E-state index contributed by atoms with van der Waals surface area (Å²) in [6.45, 7) is 13.8. The molecule has 1 fully saturated rings. The molecule has 1 saturated heterocycles. The summed E-state index contributed by atoms with van der Waals surface area (Å²) in [6.07, 6.45) is 0.332. The molecular weight excluding hydrogens is 256 g/mol. The Morgan fingerprint density at radius 2 is 2.26 bits per heavy atom. The van der Waals surface area contributed by atoms with E-state index in [0.29, 0.717) is 12.1 Å². The maximum absolute atomic E-state index is 5.82. The second-order valence-corrected chi connectivity index (χ2v) is 7.01. The molecule has 0 spiro atoms. The van der Waals surface area contributed by atoms with Crippen LogP contribution < -0.4 is 5.32 Å². The number of morpholine rings is 1. The molecule has 0 saturated carbocycles. The minimum absolute atomic E-state index is 0.332. The lowest BCUT2D eigenvalue weighted by Gasteiger charge is -2.35. The van der Waals surface area contributed by atoms with Crippen LogP contribution in [0.25, 0.3) is 0 Å². The van der Waals surface area contributed by atoms with E-state index in [-0.39, 0.29) is 0 Å². The highest BCUT2D eigenvalue weighted by molar-refractivity contribution is 7.12. The van der Waals surface area contributed by atoms with Gasteiger partial charge in [-0.05, 0) is 39.3 Å². The first kappa shape index (κ1) is 15.0. The molecule has 1 atom stereocenters. The van der Waals surface area contributed by atoms with Gasteiger partial charge in [-0.2, -0.15) is 0 Å². The summed E-state index contributed by atoms with van der Waals surface area (Å²) in [6, 6.07) is 2.91. The van der Waals surface area contributed by atoms with Crippen LogP contribution in [0.1, 0.15) is 29.2 Å². The molecule has 0 aliphatic carbocycles. The van der Waals surface area contributed by atoms with Gasteiger partial charge in [0.2, 0.25) is 0 Å². The highest BCUT2D eigenvalue weighted by Gasteiger charge is 2.21. The quantitative estimate of drug-likeness (QED) is 0.898. The van der Waals surface area contributed by atoms with E-state index in [1.54, 1.807) is 0 Å². The summed E-state index contributed by atoms with van der Waals surface area (Å²) in [5.41, 5.74) is 1.40. The van der Waals surface area contributed by atoms with Crippen molar-refractivity contribution in [2.45, 2.75) is 46.4 Å². The standard InChI is InChI=1S/C15H26N2OS/c1-11(2)17-5-6-18-14(10-17)8-16-9-15-7-12(3)13(4)19-15/h7,11,14,16H,5-6,8-10H2,1-4H3. The van der Waals surface area contributed by atoms with Crippen LogP contribution in [-0.4, -0.2) is 43.3 Å². The van der Waals surface area contributed by atoms with Crippen molar-refractivity contribution >= 4 is 11.3 Å². The molecule has 108 valence electrons. The molecule has 1 aliphatic heterocycles. The van der Waals surface area contributed by atoms with Crippen LogP contribution in [0.3, 0.4) is 0 Å². The van der Waals surface area contributed by atoms with Crippen molar-refractivity contribution in [2.75, 3.05) is 26.2 Å². The molecule has 0 bridgehead atoms. The number of hydrogen-bond donors (Lipinski definition) is 1. The van der Waals surface area contributed by atoms with Gasteiger partial charge in [0, 0.05) is 42.0 Å². The number of aryl methyl sites for hydroxylation is 2. The van der Waals surface area contributed by atoms with Crippen LogP contribution in [0.5, 0.6) is 0 Å². The van der Waals surface area contributed by atoms with Crippen LogP contribution in [0.2, 0.25) is 0 Å². The summed E-state index contributed by atoms with van der Waals surface area (Å²) in [5.74, 6) is 0. The van der Waals surface area contributed by atoms with Crippen LogP contribution in [-0.2, 0) is 11.3 Å². The SMILES string of the molecule is Cc1cc(CNCC2CN(C(C)C)CCO2)sc1C. The summed E-state index contributed by atoms with van der Waals surface area (Å²) >= 11 is 1.89. The van der Waals surface area contributed by atoms with Crippen molar-refractivity contribution in [3.63, 3.8) is 0 Å². The molecule has 1 N–H and O–H groups in total. The van der Waals surface area contributed by atoms with E-state index < -0.39 is 0 Å². The Hall–Kier alpha value is -0.420. The normalized spacial score (nSPS) is 21.2. The van der Waals surface area contributed by atoms with Crippen molar-refractivity contribution in [1.82, 2.24) is 10.2 Å². The first-order chi connectivity index (χ1) is 9.06. The topological polar surface area (TPSA) is 24.5 Å². The second-order valence-electron chi connectivity index (χ2n) is 5.66. The van der Waals surface area contributed by atoms with Crippen molar-refractivity contribution in [3.05, 3.63) is 21.4 Å². The molecule has 1 aromatic heterocycles. The highest BCUT2D eigenvalue weighted by Crippen LogP contribution is 2.20. The zero-order valence-electron chi connectivity index (χ0n) is 12.5. The van der Waals surface area contributed by atoms with Crippen LogP contribution >= 0.6 is 11.3 Å². The van der Waals surface area contributed by atoms with Crippen molar-refractivity contribution in [1.29, 1.82) is 0 Å². The lowest BCUT2D eigenvalue weighted by atomic mass is 10.2. The van der Waals surface area contributed by atoms with Crippen LogP contribution in [0.15, 0.2) is 6.07 Å². The van der Waals surface area contributed by atoms with Gasteiger partial charge in [-0.3, -0.25) is 4.90 Å². The third-order valence-corrected chi connectivity index (χ3v) is 4.94. The smallest absolute Gasteiger partial charge is 0.0826 e. The van der Waals surface area contributed by atoms with E-state index in [4.69, 9.17) is 4.74 Å². The lowest BCUT2D eigenvalue weighted by molar-refractivity contribution is -0.0372. The average molecular weight is 282 g/mol. The van der Waals surface area contributed by atoms with Crippen LogP contribution in [0, 0.1) is 13.8 Å². The Morgan fingerprint density at radius 3 is 2.89 bits per heavy atom. The molecule has 4 heteroatoms. The Bertz CT molecular complexity index is 383. The van der Waals surface area contributed by atoms with Gasteiger partial charge in [0.1, 0.15) is 0 Å². The Balaban J connectivity index is 1.73. The summed E-state index contributed by atoms with van der Waals surface area (Å²) in [7, 11) is 0. The minimum Gasteiger partial charge on any atom is -0.374 e. The van der Waals surface area contributed by atoms with Gasteiger partial charge < -0.3 is 10.1 Å². The van der Waals surface area contributed by atoms with Crippen molar-refractivity contribution in [2.24, 2.45) is 0 Å². The maximum atomic E-state index is 5.82. The average Bonchev–Trinajstić information content (AvgIpc) is 2.69. The van der Waals surface area contributed by atoms with Gasteiger partial charge in [0.15, 0.2) is 0 Å². The maximum Gasteiger partial charge on any atom is 0.0826 e. The number of ether oxygens (including phenoxy) is 1. The van der Waals surface area contributed by atoms with Gasteiger partial charge in [-0.15, -0.1) is 11.3 Å². The fraction of sp³-hybridized carbons (Fsp3) is 0.733. The molecule has 1 aliphatic rings. The first-order valence-electron chi connectivity index (χ1n) is 7.18. The predicted octanol–water partition coefficient (Wildman–Crippen LogP) is 2.56. The molecular formula is C15H26N2OS. The highest BCUT2D eigenvalue weighted by atomic mass is 32.1. The van der Waals surface area contributed by atoms with E-state index in [0.717, 1.165) is 32.8 Å². The van der Waals surface area contributed by atoms with E-state index in [2.05, 4.69) is 44.0 Å². The fourth-order valence-corrected chi connectivity index (χ4v) is 3.45. The van der Waals surface area contributed by atoms with E-state index in [1.165, 1.54) is 15.3 Å². The van der Waals surface area contributed by atoms with Gasteiger partial charge in [0.05, 0.1) is 12.7 Å². The minimum atomic E-state index is 0.332. The molecule has 2 rings (SSSR count). The Kier molecular flexibility index (Phi) is 5.39. The molecule has 3 nitrogen and oxygen atoms in total. The zero-order valence-corrected chi connectivity index (χ0v) is 13.3. The summed E-state index contributed by atoms with van der Waals surface area (Å²) in [4.78, 5) is 5.35. The molecule has 0 radical (unpaired) electrons. The summed E-state index contributed by atoms with van der Waals surface area (Å²) in [5, 5.41) is 3.53. The predicted molar refractivity (Wildman–Crippen MR) is 81.9 cm³/mol. The molecule has 0 amide bonds. The Labute approximate surface area is 121 Å². The van der Waals surface area contributed by atoms with Crippen LogP contribution in [0.4, 0.5) is 0 Å². The third-order valence-electron chi connectivity index (χ3n) is 3.79. The Morgan fingerprint density at radius 1 is 1.47 bits per heavy atom.